The van der Waals surface area contributed by atoms with Gasteiger partial charge in [0.25, 0.3) is 0 Å². The van der Waals surface area contributed by atoms with E-state index in [9.17, 15) is 4.79 Å². The Morgan fingerprint density at radius 2 is 1.94 bits per heavy atom. The standard InChI is InChI=1S/C14H22N2O/c1-5-14(2,3)13(17)16-12-9-7-6-8-11(12)10-15-4/h6-9,15H,5,10H2,1-4H3,(H,16,17). The van der Waals surface area contributed by atoms with E-state index in [4.69, 9.17) is 0 Å². The first kappa shape index (κ1) is 13.7. The van der Waals surface area contributed by atoms with E-state index in [-0.39, 0.29) is 11.3 Å². The molecule has 3 nitrogen and oxygen atoms in total. The fourth-order valence-electron chi connectivity index (χ4n) is 1.44. The molecule has 1 amide bonds. The smallest absolute Gasteiger partial charge is 0.230 e. The Hall–Kier alpha value is -1.35. The van der Waals surface area contributed by atoms with Crippen molar-refractivity contribution in [3.05, 3.63) is 29.8 Å². The molecular formula is C14H22N2O. The largest absolute Gasteiger partial charge is 0.325 e. The summed E-state index contributed by atoms with van der Waals surface area (Å²) in [5, 5.41) is 6.11. The first-order valence-corrected chi connectivity index (χ1v) is 6.05. The second kappa shape index (κ2) is 5.82. The zero-order valence-corrected chi connectivity index (χ0v) is 11.1. The molecule has 1 rings (SSSR count). The maximum Gasteiger partial charge on any atom is 0.230 e. The van der Waals surface area contributed by atoms with Crippen molar-refractivity contribution in [1.82, 2.24) is 5.32 Å². The zero-order valence-electron chi connectivity index (χ0n) is 11.1. The minimum atomic E-state index is -0.327. The summed E-state index contributed by atoms with van der Waals surface area (Å²) in [6.45, 7) is 6.70. The summed E-state index contributed by atoms with van der Waals surface area (Å²) in [6, 6.07) is 7.88. The highest BCUT2D eigenvalue weighted by Gasteiger charge is 2.25. The van der Waals surface area contributed by atoms with Crippen molar-refractivity contribution in [2.45, 2.75) is 33.7 Å². The van der Waals surface area contributed by atoms with Gasteiger partial charge in [0.15, 0.2) is 0 Å². The molecule has 0 aromatic heterocycles. The lowest BCUT2D eigenvalue weighted by Gasteiger charge is -2.22. The fourth-order valence-corrected chi connectivity index (χ4v) is 1.44. The maximum atomic E-state index is 12.1. The summed E-state index contributed by atoms with van der Waals surface area (Å²) in [5.74, 6) is 0.0727. The van der Waals surface area contributed by atoms with Crippen LogP contribution < -0.4 is 10.6 Å². The van der Waals surface area contributed by atoms with Crippen LogP contribution in [0.1, 0.15) is 32.8 Å². The molecule has 2 N–H and O–H groups in total. The molecule has 0 saturated carbocycles. The van der Waals surface area contributed by atoms with Gasteiger partial charge in [-0.3, -0.25) is 4.79 Å². The van der Waals surface area contributed by atoms with Crippen LogP contribution >= 0.6 is 0 Å². The van der Waals surface area contributed by atoms with Crippen molar-refractivity contribution >= 4 is 11.6 Å². The number of anilines is 1. The first-order chi connectivity index (χ1) is 8.01. The molecule has 0 unspecified atom stereocenters. The Bertz CT molecular complexity index is 386. The Morgan fingerprint density at radius 3 is 2.53 bits per heavy atom. The lowest BCUT2D eigenvalue weighted by molar-refractivity contribution is -0.124. The van der Waals surface area contributed by atoms with Crippen molar-refractivity contribution < 1.29 is 4.79 Å². The van der Waals surface area contributed by atoms with E-state index >= 15 is 0 Å². The van der Waals surface area contributed by atoms with E-state index in [1.54, 1.807) is 0 Å². The van der Waals surface area contributed by atoms with Crippen LogP contribution in [0, 0.1) is 5.41 Å². The number of para-hydroxylation sites is 1. The maximum absolute atomic E-state index is 12.1. The van der Waals surface area contributed by atoms with Crippen LogP contribution in [0.3, 0.4) is 0 Å². The molecule has 0 aliphatic heterocycles. The van der Waals surface area contributed by atoms with Crippen LogP contribution in [0.25, 0.3) is 0 Å². The van der Waals surface area contributed by atoms with E-state index in [0.717, 1.165) is 24.2 Å². The molecule has 0 atom stereocenters. The third-order valence-corrected chi connectivity index (χ3v) is 3.13. The van der Waals surface area contributed by atoms with Crippen LogP contribution in [0.5, 0.6) is 0 Å². The second-order valence-corrected chi connectivity index (χ2v) is 4.88. The van der Waals surface area contributed by atoms with E-state index < -0.39 is 0 Å². The molecule has 3 heteroatoms. The van der Waals surface area contributed by atoms with Crippen LogP contribution in [0.4, 0.5) is 5.69 Å². The van der Waals surface area contributed by atoms with E-state index in [0.29, 0.717) is 0 Å². The van der Waals surface area contributed by atoms with Gasteiger partial charge in [0.05, 0.1) is 0 Å². The Labute approximate surface area is 104 Å². The molecule has 94 valence electrons. The lowest BCUT2D eigenvalue weighted by atomic mass is 9.89. The van der Waals surface area contributed by atoms with Gasteiger partial charge in [-0.2, -0.15) is 0 Å². The number of carbonyl (C=O) groups is 1. The summed E-state index contributed by atoms with van der Waals surface area (Å²) in [4.78, 5) is 12.1. The number of rotatable bonds is 5. The van der Waals surface area contributed by atoms with E-state index in [1.165, 1.54) is 0 Å². The summed E-state index contributed by atoms with van der Waals surface area (Å²) >= 11 is 0. The van der Waals surface area contributed by atoms with E-state index in [2.05, 4.69) is 10.6 Å². The number of hydrogen-bond acceptors (Lipinski definition) is 2. The lowest BCUT2D eigenvalue weighted by Crippen LogP contribution is -2.30. The average molecular weight is 234 g/mol. The summed E-state index contributed by atoms with van der Waals surface area (Å²) in [6.07, 6.45) is 0.826. The van der Waals surface area contributed by atoms with Crippen LogP contribution in [-0.2, 0) is 11.3 Å². The zero-order chi connectivity index (χ0) is 12.9. The van der Waals surface area contributed by atoms with Crippen LogP contribution in [0.15, 0.2) is 24.3 Å². The molecule has 0 radical (unpaired) electrons. The van der Waals surface area contributed by atoms with Crippen molar-refractivity contribution in [2.24, 2.45) is 5.41 Å². The monoisotopic (exact) mass is 234 g/mol. The highest BCUT2D eigenvalue weighted by Crippen LogP contribution is 2.23. The van der Waals surface area contributed by atoms with Crippen molar-refractivity contribution in [2.75, 3.05) is 12.4 Å². The fraction of sp³-hybridized carbons (Fsp3) is 0.500. The number of nitrogens with one attached hydrogen (secondary N) is 2. The predicted molar refractivity (Wildman–Crippen MR) is 71.9 cm³/mol. The highest BCUT2D eigenvalue weighted by molar-refractivity contribution is 5.95. The molecule has 0 fully saturated rings. The predicted octanol–water partition coefficient (Wildman–Crippen LogP) is 2.78. The summed E-state index contributed by atoms with van der Waals surface area (Å²) < 4.78 is 0. The molecular weight excluding hydrogens is 212 g/mol. The third-order valence-electron chi connectivity index (χ3n) is 3.13. The second-order valence-electron chi connectivity index (χ2n) is 4.88. The molecule has 0 aliphatic rings. The minimum absolute atomic E-state index is 0.0727. The van der Waals surface area contributed by atoms with Gasteiger partial charge >= 0.3 is 0 Å². The Kier molecular flexibility index (Phi) is 4.70. The van der Waals surface area contributed by atoms with Gasteiger partial charge in [-0.25, -0.2) is 0 Å². The normalized spacial score (nSPS) is 11.3. The van der Waals surface area contributed by atoms with Crippen molar-refractivity contribution in [3.63, 3.8) is 0 Å². The first-order valence-electron chi connectivity index (χ1n) is 6.05. The van der Waals surface area contributed by atoms with Gasteiger partial charge in [0.1, 0.15) is 0 Å². The third kappa shape index (κ3) is 3.56. The average Bonchev–Trinajstić information content (AvgIpc) is 2.32. The SMILES string of the molecule is CCC(C)(C)C(=O)Nc1ccccc1CNC. The van der Waals surface area contributed by atoms with Crippen molar-refractivity contribution in [1.29, 1.82) is 0 Å². The topological polar surface area (TPSA) is 41.1 Å². The Morgan fingerprint density at radius 1 is 1.29 bits per heavy atom. The van der Waals surface area contributed by atoms with Gasteiger partial charge in [0, 0.05) is 17.6 Å². The van der Waals surface area contributed by atoms with Gasteiger partial charge in [-0.15, -0.1) is 0 Å². The van der Waals surface area contributed by atoms with Gasteiger partial charge in [-0.1, -0.05) is 39.0 Å². The van der Waals surface area contributed by atoms with Crippen LogP contribution in [0.2, 0.25) is 0 Å². The molecule has 1 aromatic carbocycles. The number of amides is 1. The minimum Gasteiger partial charge on any atom is -0.325 e. The quantitative estimate of drug-likeness (QED) is 0.822. The van der Waals surface area contributed by atoms with Gasteiger partial charge < -0.3 is 10.6 Å². The summed E-state index contributed by atoms with van der Waals surface area (Å²) in [7, 11) is 1.90. The molecule has 0 saturated heterocycles. The summed E-state index contributed by atoms with van der Waals surface area (Å²) in [5.41, 5.74) is 1.68. The van der Waals surface area contributed by atoms with Gasteiger partial charge in [-0.05, 0) is 25.1 Å². The molecule has 0 spiro atoms. The number of hydrogen-bond donors (Lipinski definition) is 2. The van der Waals surface area contributed by atoms with E-state index in [1.807, 2.05) is 52.1 Å². The van der Waals surface area contributed by atoms with Crippen molar-refractivity contribution in [3.8, 4) is 0 Å². The van der Waals surface area contributed by atoms with Crippen LogP contribution in [-0.4, -0.2) is 13.0 Å². The number of benzene rings is 1. The molecule has 0 heterocycles. The molecule has 0 aliphatic carbocycles. The number of carbonyl (C=O) groups excluding carboxylic acids is 1. The molecule has 1 aromatic rings. The molecule has 0 bridgehead atoms. The molecule has 17 heavy (non-hydrogen) atoms. The Balaban J connectivity index is 2.84. The highest BCUT2D eigenvalue weighted by atomic mass is 16.2. The van der Waals surface area contributed by atoms with Gasteiger partial charge in [0.2, 0.25) is 5.91 Å².